The molecule has 0 spiro atoms. The van der Waals surface area contributed by atoms with E-state index in [2.05, 4.69) is 27.9 Å². The van der Waals surface area contributed by atoms with Crippen LogP contribution in [0.2, 0.25) is 0 Å². The topological polar surface area (TPSA) is 46.2 Å². The van der Waals surface area contributed by atoms with Crippen LogP contribution in [0, 0.1) is 3.57 Å². The Labute approximate surface area is 126 Å². The summed E-state index contributed by atoms with van der Waals surface area (Å²) < 4.78 is 25.3. The molecule has 0 amide bonds. The van der Waals surface area contributed by atoms with E-state index < -0.39 is 9.84 Å². The van der Waals surface area contributed by atoms with Crippen molar-refractivity contribution in [3.63, 3.8) is 0 Å². The first-order valence-electron chi connectivity index (χ1n) is 5.90. The highest BCUT2D eigenvalue weighted by atomic mass is 127. The van der Waals surface area contributed by atoms with E-state index in [1.165, 1.54) is 0 Å². The Balaban J connectivity index is 1.94. The molecule has 1 unspecified atom stereocenters. The molecular weight excluding hydrogens is 373 g/mol. The highest BCUT2D eigenvalue weighted by molar-refractivity contribution is 14.1. The normalized spacial score (nSPS) is 19.9. The Morgan fingerprint density at radius 1 is 1.05 bits per heavy atom. The average molecular weight is 385 g/mol. The predicted molar refractivity (Wildman–Crippen MR) is 84.0 cm³/mol. The third-order valence-corrected chi connectivity index (χ3v) is 5.73. The molecule has 5 heteroatoms. The fourth-order valence-corrected chi connectivity index (χ4v) is 4.41. The second-order valence-corrected chi connectivity index (χ2v) is 7.77. The highest BCUT2D eigenvalue weighted by Gasteiger charge is 2.34. The number of sulfone groups is 1. The lowest BCUT2D eigenvalue weighted by molar-refractivity contribution is 0.598. The number of rotatable bonds is 2. The van der Waals surface area contributed by atoms with Crippen LogP contribution >= 0.6 is 22.6 Å². The summed E-state index contributed by atoms with van der Waals surface area (Å²) in [5.74, 6) is 0.123. The fraction of sp³-hybridized carbons (Fsp3) is 0.143. The van der Waals surface area contributed by atoms with E-state index in [1.807, 2.05) is 36.4 Å². The maximum atomic E-state index is 12.1. The number of hydrogen-bond acceptors (Lipinski definition) is 3. The van der Waals surface area contributed by atoms with Crippen molar-refractivity contribution in [1.82, 2.24) is 0 Å². The van der Waals surface area contributed by atoms with Crippen LogP contribution in [-0.4, -0.2) is 14.2 Å². The van der Waals surface area contributed by atoms with Gasteiger partial charge in [0, 0.05) is 9.26 Å². The molecule has 0 bridgehead atoms. The van der Waals surface area contributed by atoms with Crippen LogP contribution < -0.4 is 5.32 Å². The molecule has 3 rings (SSSR count). The Morgan fingerprint density at radius 3 is 2.47 bits per heavy atom. The average Bonchev–Trinajstić information content (AvgIpc) is 2.65. The fourth-order valence-electron chi connectivity index (χ4n) is 2.32. The van der Waals surface area contributed by atoms with Gasteiger partial charge in [0.2, 0.25) is 0 Å². The van der Waals surface area contributed by atoms with Gasteiger partial charge in [0.15, 0.2) is 9.84 Å². The lowest BCUT2D eigenvalue weighted by Gasteiger charge is -2.14. The maximum Gasteiger partial charge on any atom is 0.181 e. The second kappa shape index (κ2) is 4.79. The largest absolute Gasteiger partial charge is 0.377 e. The molecule has 2 aromatic carbocycles. The Hall–Kier alpha value is -1.08. The van der Waals surface area contributed by atoms with Crippen LogP contribution in [0.1, 0.15) is 11.6 Å². The van der Waals surface area contributed by atoms with Gasteiger partial charge in [0.25, 0.3) is 0 Å². The first kappa shape index (κ1) is 12.9. The van der Waals surface area contributed by atoms with Crippen LogP contribution in [0.5, 0.6) is 0 Å². The standard InChI is InChI=1S/C14H12INO2S/c15-10-5-7-11(8-6-10)16-13-9-19(17,18)14-4-2-1-3-12(13)14/h1-8,13,16H,9H2. The van der Waals surface area contributed by atoms with Crippen LogP contribution in [0.25, 0.3) is 0 Å². The van der Waals surface area contributed by atoms with Gasteiger partial charge in [-0.05, 0) is 58.5 Å². The van der Waals surface area contributed by atoms with Crippen molar-refractivity contribution < 1.29 is 8.42 Å². The van der Waals surface area contributed by atoms with Crippen molar-refractivity contribution >= 4 is 38.1 Å². The van der Waals surface area contributed by atoms with Gasteiger partial charge in [-0.1, -0.05) is 18.2 Å². The number of hydrogen-bond donors (Lipinski definition) is 1. The van der Waals surface area contributed by atoms with Crippen LogP contribution in [0.15, 0.2) is 53.4 Å². The van der Waals surface area contributed by atoms with Gasteiger partial charge in [-0.3, -0.25) is 0 Å². The summed E-state index contributed by atoms with van der Waals surface area (Å²) >= 11 is 2.24. The molecule has 0 saturated carbocycles. The van der Waals surface area contributed by atoms with Crippen molar-refractivity contribution in [1.29, 1.82) is 0 Å². The van der Waals surface area contributed by atoms with E-state index in [9.17, 15) is 8.42 Å². The lowest BCUT2D eigenvalue weighted by atomic mass is 10.1. The predicted octanol–water partition coefficient (Wildman–Crippen LogP) is 3.23. The molecule has 0 radical (unpaired) electrons. The monoisotopic (exact) mass is 385 g/mol. The van der Waals surface area contributed by atoms with Gasteiger partial charge in [-0.25, -0.2) is 8.42 Å². The minimum Gasteiger partial charge on any atom is -0.377 e. The molecule has 2 aromatic rings. The highest BCUT2D eigenvalue weighted by Crippen LogP contribution is 2.35. The molecule has 0 aliphatic carbocycles. The van der Waals surface area contributed by atoms with Gasteiger partial charge in [-0.2, -0.15) is 0 Å². The van der Waals surface area contributed by atoms with E-state index >= 15 is 0 Å². The van der Waals surface area contributed by atoms with E-state index in [1.54, 1.807) is 12.1 Å². The van der Waals surface area contributed by atoms with Gasteiger partial charge in [0.05, 0.1) is 16.7 Å². The number of nitrogens with one attached hydrogen (secondary N) is 1. The third kappa shape index (κ3) is 2.49. The van der Waals surface area contributed by atoms with Crippen molar-refractivity contribution in [2.45, 2.75) is 10.9 Å². The smallest absolute Gasteiger partial charge is 0.181 e. The zero-order valence-corrected chi connectivity index (χ0v) is 13.0. The minimum atomic E-state index is -3.15. The zero-order chi connectivity index (χ0) is 13.5. The second-order valence-electron chi connectivity index (χ2n) is 4.52. The molecule has 1 N–H and O–H groups in total. The van der Waals surface area contributed by atoms with Crippen molar-refractivity contribution in [3.05, 3.63) is 57.7 Å². The van der Waals surface area contributed by atoms with E-state index in [0.29, 0.717) is 4.90 Å². The maximum absolute atomic E-state index is 12.1. The Morgan fingerprint density at radius 2 is 1.74 bits per heavy atom. The first-order valence-corrected chi connectivity index (χ1v) is 8.63. The van der Waals surface area contributed by atoms with E-state index in [-0.39, 0.29) is 11.8 Å². The molecule has 1 heterocycles. The Kier molecular flexibility index (Phi) is 3.26. The molecule has 0 fully saturated rings. The zero-order valence-electron chi connectivity index (χ0n) is 10.0. The van der Waals surface area contributed by atoms with Gasteiger partial charge < -0.3 is 5.32 Å². The molecule has 1 aliphatic heterocycles. The van der Waals surface area contributed by atoms with Crippen LogP contribution in [0.4, 0.5) is 5.69 Å². The molecule has 0 saturated heterocycles. The molecular formula is C14H12INO2S. The molecule has 19 heavy (non-hydrogen) atoms. The summed E-state index contributed by atoms with van der Waals surface area (Å²) in [7, 11) is -3.15. The summed E-state index contributed by atoms with van der Waals surface area (Å²) in [6, 6.07) is 15.0. The molecule has 98 valence electrons. The molecule has 1 aliphatic rings. The number of fused-ring (bicyclic) bond motifs is 1. The lowest BCUT2D eigenvalue weighted by Crippen LogP contribution is -2.12. The quantitative estimate of drug-likeness (QED) is 0.808. The summed E-state index contributed by atoms with van der Waals surface area (Å²) in [4.78, 5) is 0.456. The minimum absolute atomic E-state index is 0.123. The summed E-state index contributed by atoms with van der Waals surface area (Å²) in [5.41, 5.74) is 1.80. The SMILES string of the molecule is O=S1(=O)CC(Nc2ccc(I)cc2)c2ccccc21. The number of benzene rings is 2. The first-order chi connectivity index (χ1) is 9.06. The third-order valence-electron chi connectivity index (χ3n) is 3.20. The van der Waals surface area contributed by atoms with Crippen molar-refractivity contribution in [3.8, 4) is 0 Å². The van der Waals surface area contributed by atoms with Gasteiger partial charge in [0.1, 0.15) is 0 Å². The van der Waals surface area contributed by atoms with Gasteiger partial charge >= 0.3 is 0 Å². The van der Waals surface area contributed by atoms with Crippen LogP contribution in [0.3, 0.4) is 0 Å². The Bertz CT molecular complexity index is 710. The summed E-state index contributed by atoms with van der Waals surface area (Å²) in [6.07, 6.45) is 0. The number of halogens is 1. The van der Waals surface area contributed by atoms with Crippen molar-refractivity contribution in [2.75, 3.05) is 11.1 Å². The van der Waals surface area contributed by atoms with Crippen molar-refractivity contribution in [2.24, 2.45) is 0 Å². The van der Waals surface area contributed by atoms with Gasteiger partial charge in [-0.15, -0.1) is 0 Å². The summed E-state index contributed by atoms with van der Waals surface area (Å²) in [5, 5.41) is 3.30. The van der Waals surface area contributed by atoms with E-state index in [0.717, 1.165) is 14.8 Å². The molecule has 1 atom stereocenters. The van der Waals surface area contributed by atoms with Crippen LogP contribution in [-0.2, 0) is 9.84 Å². The van der Waals surface area contributed by atoms with E-state index in [4.69, 9.17) is 0 Å². The number of anilines is 1. The summed E-state index contributed by atoms with van der Waals surface area (Å²) in [6.45, 7) is 0. The molecule has 3 nitrogen and oxygen atoms in total. The molecule has 0 aromatic heterocycles.